The van der Waals surface area contributed by atoms with Gasteiger partial charge in [-0.1, -0.05) is 18.2 Å². The second-order valence-electron chi connectivity index (χ2n) is 7.38. The van der Waals surface area contributed by atoms with E-state index in [1.165, 1.54) is 5.56 Å². The number of likely N-dealkylation sites (tertiary alicyclic amines) is 1. The van der Waals surface area contributed by atoms with Gasteiger partial charge in [-0.25, -0.2) is 4.98 Å². The maximum absolute atomic E-state index is 13.0. The Morgan fingerprint density at radius 2 is 2.11 bits per heavy atom. The molecule has 1 amide bonds. The first-order chi connectivity index (χ1) is 13.2. The van der Waals surface area contributed by atoms with Crippen LogP contribution < -0.4 is 15.4 Å². The van der Waals surface area contributed by atoms with E-state index in [0.29, 0.717) is 6.04 Å². The number of hydrogen-bond donors (Lipinski definition) is 2. The van der Waals surface area contributed by atoms with Crippen molar-refractivity contribution in [2.45, 2.75) is 43.8 Å². The molecule has 0 spiro atoms. The van der Waals surface area contributed by atoms with E-state index in [1.807, 2.05) is 23.6 Å². The van der Waals surface area contributed by atoms with E-state index in [-0.39, 0.29) is 5.91 Å². The van der Waals surface area contributed by atoms with Crippen molar-refractivity contribution < 1.29 is 9.53 Å². The molecule has 2 fully saturated rings. The van der Waals surface area contributed by atoms with Gasteiger partial charge in [0, 0.05) is 42.8 Å². The van der Waals surface area contributed by atoms with Crippen LogP contribution in [0.25, 0.3) is 0 Å². The van der Waals surface area contributed by atoms with Crippen LogP contribution in [0.3, 0.4) is 0 Å². The molecule has 1 saturated heterocycles. The first-order valence-electron chi connectivity index (χ1n) is 9.51. The number of methoxy groups -OCH3 is 1. The summed E-state index contributed by atoms with van der Waals surface area (Å²) < 4.78 is 5.48. The third kappa shape index (κ3) is 4.25. The summed E-state index contributed by atoms with van der Waals surface area (Å²) in [6.07, 6.45) is 5.49. The number of carbonyl (C=O) groups is 1. The van der Waals surface area contributed by atoms with Gasteiger partial charge in [0.05, 0.1) is 7.11 Å². The second kappa shape index (κ2) is 7.86. The first-order valence-corrected chi connectivity index (χ1v) is 10.4. The van der Waals surface area contributed by atoms with E-state index >= 15 is 0 Å². The number of ether oxygens (including phenoxy) is 1. The highest BCUT2D eigenvalue weighted by Gasteiger charge is 2.43. The lowest BCUT2D eigenvalue weighted by atomic mass is 9.86. The van der Waals surface area contributed by atoms with Crippen LogP contribution in [-0.2, 0) is 11.3 Å². The first kappa shape index (κ1) is 18.3. The quantitative estimate of drug-likeness (QED) is 0.766. The lowest BCUT2D eigenvalue weighted by molar-refractivity contribution is -0.127. The van der Waals surface area contributed by atoms with Gasteiger partial charge in [-0.3, -0.25) is 9.69 Å². The molecule has 1 saturated carbocycles. The zero-order valence-corrected chi connectivity index (χ0v) is 16.4. The fraction of sp³-hybridized carbons (Fsp3) is 0.500. The van der Waals surface area contributed by atoms with Gasteiger partial charge in [-0.2, -0.15) is 0 Å². The Morgan fingerprint density at radius 1 is 1.33 bits per heavy atom. The number of piperidine rings is 1. The molecule has 0 atom stereocenters. The number of nitrogens with zero attached hydrogens (tertiary/aromatic N) is 2. The number of rotatable bonds is 7. The van der Waals surface area contributed by atoms with Crippen molar-refractivity contribution in [3.63, 3.8) is 0 Å². The molecule has 1 aliphatic heterocycles. The largest absolute Gasteiger partial charge is 0.496 e. The van der Waals surface area contributed by atoms with E-state index in [4.69, 9.17) is 4.74 Å². The van der Waals surface area contributed by atoms with Crippen LogP contribution >= 0.6 is 11.3 Å². The maximum Gasteiger partial charge on any atom is 0.246 e. The Morgan fingerprint density at radius 3 is 2.78 bits per heavy atom. The maximum atomic E-state index is 13.0. The molecule has 1 aromatic carbocycles. The van der Waals surface area contributed by atoms with Crippen LogP contribution in [-0.4, -0.2) is 47.6 Å². The summed E-state index contributed by atoms with van der Waals surface area (Å²) >= 11 is 1.54. The molecule has 144 valence electrons. The number of nitrogens with one attached hydrogen (secondary N) is 2. The van der Waals surface area contributed by atoms with E-state index < -0.39 is 5.54 Å². The van der Waals surface area contributed by atoms with Crippen LogP contribution in [0, 0.1) is 0 Å². The van der Waals surface area contributed by atoms with Gasteiger partial charge in [0.1, 0.15) is 11.3 Å². The van der Waals surface area contributed by atoms with E-state index in [0.717, 1.165) is 56.2 Å². The van der Waals surface area contributed by atoms with Gasteiger partial charge < -0.3 is 15.4 Å². The highest BCUT2D eigenvalue weighted by Crippen LogP contribution is 2.31. The molecular formula is C20H26N4O2S. The lowest BCUT2D eigenvalue weighted by Gasteiger charge is -2.41. The molecule has 4 rings (SSSR count). The van der Waals surface area contributed by atoms with Crippen LogP contribution in [0.15, 0.2) is 35.8 Å². The van der Waals surface area contributed by atoms with Crippen molar-refractivity contribution >= 4 is 22.4 Å². The average molecular weight is 387 g/mol. The van der Waals surface area contributed by atoms with Crippen LogP contribution in [0.1, 0.15) is 31.2 Å². The van der Waals surface area contributed by atoms with Crippen molar-refractivity contribution in [3.05, 3.63) is 41.4 Å². The fourth-order valence-electron chi connectivity index (χ4n) is 3.62. The Kier molecular flexibility index (Phi) is 5.31. The van der Waals surface area contributed by atoms with Crippen molar-refractivity contribution in [2.75, 3.05) is 25.5 Å². The molecule has 1 aliphatic carbocycles. The van der Waals surface area contributed by atoms with Crippen molar-refractivity contribution in [2.24, 2.45) is 0 Å². The summed E-state index contributed by atoms with van der Waals surface area (Å²) in [5.74, 6) is 1.04. The summed E-state index contributed by atoms with van der Waals surface area (Å²) in [6, 6.07) is 8.49. The van der Waals surface area contributed by atoms with E-state index in [2.05, 4.69) is 26.6 Å². The lowest BCUT2D eigenvalue weighted by Crippen LogP contribution is -2.58. The molecule has 1 aromatic heterocycles. The van der Waals surface area contributed by atoms with Crippen LogP contribution in [0.5, 0.6) is 5.75 Å². The number of para-hydroxylation sites is 1. The van der Waals surface area contributed by atoms with Gasteiger partial charge in [0.2, 0.25) is 5.91 Å². The summed E-state index contributed by atoms with van der Waals surface area (Å²) in [5, 5.41) is 9.41. The Bertz CT molecular complexity index is 768. The molecule has 7 heteroatoms. The molecule has 2 heterocycles. The smallest absolute Gasteiger partial charge is 0.246 e. The Hall–Kier alpha value is -2.12. The average Bonchev–Trinajstić information content (AvgIpc) is 3.36. The minimum atomic E-state index is -0.572. The van der Waals surface area contributed by atoms with Gasteiger partial charge in [-0.15, -0.1) is 11.3 Å². The second-order valence-corrected chi connectivity index (χ2v) is 8.27. The third-order valence-corrected chi connectivity index (χ3v) is 6.11. The summed E-state index contributed by atoms with van der Waals surface area (Å²) in [7, 11) is 1.71. The number of anilines is 1. The molecule has 27 heavy (non-hydrogen) atoms. The number of thiazole rings is 1. The molecule has 2 aliphatic rings. The summed E-state index contributed by atoms with van der Waals surface area (Å²) in [4.78, 5) is 19.8. The van der Waals surface area contributed by atoms with Crippen LogP contribution in [0.4, 0.5) is 5.13 Å². The number of benzene rings is 1. The zero-order valence-electron chi connectivity index (χ0n) is 15.6. The number of amides is 1. The van der Waals surface area contributed by atoms with Gasteiger partial charge >= 0.3 is 0 Å². The number of hydrogen-bond acceptors (Lipinski definition) is 6. The monoisotopic (exact) mass is 386 g/mol. The van der Waals surface area contributed by atoms with E-state index in [9.17, 15) is 4.79 Å². The summed E-state index contributed by atoms with van der Waals surface area (Å²) in [6.45, 7) is 2.55. The number of aromatic nitrogens is 1. The molecule has 2 aromatic rings. The number of carbonyl (C=O) groups excluding carboxylic acids is 1. The molecule has 0 bridgehead atoms. The topological polar surface area (TPSA) is 66.5 Å². The normalized spacial score (nSPS) is 19.4. The van der Waals surface area contributed by atoms with Gasteiger partial charge in [-0.05, 0) is 31.7 Å². The zero-order chi connectivity index (χ0) is 18.7. The van der Waals surface area contributed by atoms with Gasteiger partial charge in [0.15, 0.2) is 5.13 Å². The SMILES string of the molecule is COc1ccccc1CN1CCC(Nc2nccs2)(C(=O)NC2CC2)CC1. The van der Waals surface area contributed by atoms with E-state index in [1.54, 1.807) is 24.6 Å². The van der Waals surface area contributed by atoms with Crippen molar-refractivity contribution in [1.82, 2.24) is 15.2 Å². The Labute approximate surface area is 163 Å². The molecule has 0 unspecified atom stereocenters. The molecule has 6 nitrogen and oxygen atoms in total. The van der Waals surface area contributed by atoms with Crippen molar-refractivity contribution in [3.8, 4) is 5.75 Å². The molecule has 0 radical (unpaired) electrons. The minimum Gasteiger partial charge on any atom is -0.496 e. The molecule has 2 N–H and O–H groups in total. The third-order valence-electron chi connectivity index (χ3n) is 5.42. The highest BCUT2D eigenvalue weighted by molar-refractivity contribution is 7.13. The predicted molar refractivity (Wildman–Crippen MR) is 107 cm³/mol. The standard InChI is InChI=1S/C20H26N4O2S/c1-26-17-5-3-2-4-15(17)14-24-11-8-20(9-12-24,18(25)22-16-6-7-16)23-19-21-10-13-27-19/h2-5,10,13,16H,6-9,11-12,14H2,1H3,(H,21,23)(H,22,25). The van der Waals surface area contributed by atoms with Crippen LogP contribution in [0.2, 0.25) is 0 Å². The Balaban J connectivity index is 1.44. The fourth-order valence-corrected chi connectivity index (χ4v) is 4.24. The molecular weight excluding hydrogens is 360 g/mol. The highest BCUT2D eigenvalue weighted by atomic mass is 32.1. The minimum absolute atomic E-state index is 0.122. The predicted octanol–water partition coefficient (Wildman–Crippen LogP) is 2.88. The summed E-state index contributed by atoms with van der Waals surface area (Å²) in [5.41, 5.74) is 0.611. The van der Waals surface area contributed by atoms with Gasteiger partial charge in [0.25, 0.3) is 0 Å². The van der Waals surface area contributed by atoms with Crippen molar-refractivity contribution in [1.29, 1.82) is 0 Å².